The summed E-state index contributed by atoms with van der Waals surface area (Å²) in [7, 11) is 0. The standard InChI is InChI=1S/C6H9IO/c1-3-5-8-6(7)4-2/h2,6H,3,5H2,1H3. The van der Waals surface area contributed by atoms with Gasteiger partial charge in [-0.25, -0.2) is 0 Å². The molecule has 1 atom stereocenters. The van der Waals surface area contributed by atoms with E-state index in [0.717, 1.165) is 13.0 Å². The Kier molecular flexibility index (Phi) is 5.56. The van der Waals surface area contributed by atoms with Crippen molar-refractivity contribution in [3.05, 3.63) is 0 Å². The van der Waals surface area contributed by atoms with Gasteiger partial charge in [0, 0.05) is 6.61 Å². The Bertz CT molecular complexity index is 85.0. The SMILES string of the molecule is C#CC(I)OCCC. The molecule has 0 rings (SSSR count). The Morgan fingerprint density at radius 2 is 2.50 bits per heavy atom. The normalized spacial score (nSPS) is 12.6. The molecule has 0 aromatic heterocycles. The van der Waals surface area contributed by atoms with Crippen molar-refractivity contribution >= 4 is 22.6 Å². The number of terminal acetylenes is 1. The fraction of sp³-hybridized carbons (Fsp3) is 0.667. The number of rotatable bonds is 3. The fourth-order valence-corrected chi connectivity index (χ4v) is 0.524. The summed E-state index contributed by atoms with van der Waals surface area (Å²) in [6, 6.07) is 0. The predicted octanol–water partition coefficient (Wildman–Crippen LogP) is 1.81. The molecule has 0 aromatic carbocycles. The third-order valence-electron chi connectivity index (χ3n) is 0.599. The molecule has 1 unspecified atom stereocenters. The van der Waals surface area contributed by atoms with Crippen LogP contribution in [-0.2, 0) is 4.74 Å². The van der Waals surface area contributed by atoms with Crippen LogP contribution in [0.25, 0.3) is 0 Å². The monoisotopic (exact) mass is 224 g/mol. The number of hydrogen-bond donors (Lipinski definition) is 0. The Morgan fingerprint density at radius 3 is 2.88 bits per heavy atom. The fourth-order valence-electron chi connectivity index (χ4n) is 0.269. The van der Waals surface area contributed by atoms with Crippen molar-refractivity contribution in [2.24, 2.45) is 0 Å². The molecule has 8 heavy (non-hydrogen) atoms. The summed E-state index contributed by atoms with van der Waals surface area (Å²) in [5.41, 5.74) is 0. The molecule has 0 saturated carbocycles. The lowest BCUT2D eigenvalue weighted by Gasteiger charge is -2.00. The van der Waals surface area contributed by atoms with E-state index in [1.807, 2.05) is 0 Å². The van der Waals surface area contributed by atoms with Gasteiger partial charge in [-0.2, -0.15) is 0 Å². The maximum absolute atomic E-state index is 5.09. The van der Waals surface area contributed by atoms with Gasteiger partial charge in [-0.05, 0) is 29.0 Å². The van der Waals surface area contributed by atoms with E-state index in [1.165, 1.54) is 0 Å². The van der Waals surface area contributed by atoms with E-state index in [1.54, 1.807) is 0 Å². The van der Waals surface area contributed by atoms with Crippen molar-refractivity contribution in [3.8, 4) is 12.3 Å². The third kappa shape index (κ3) is 4.41. The van der Waals surface area contributed by atoms with Crippen molar-refractivity contribution in [1.82, 2.24) is 0 Å². The van der Waals surface area contributed by atoms with Crippen molar-refractivity contribution in [3.63, 3.8) is 0 Å². The lowest BCUT2D eigenvalue weighted by atomic mass is 10.5. The molecular formula is C6H9IO. The number of hydrogen-bond acceptors (Lipinski definition) is 1. The molecule has 0 aliphatic heterocycles. The van der Waals surface area contributed by atoms with Gasteiger partial charge in [0.2, 0.25) is 0 Å². The van der Waals surface area contributed by atoms with Crippen molar-refractivity contribution < 1.29 is 4.74 Å². The van der Waals surface area contributed by atoms with Gasteiger partial charge in [-0.15, -0.1) is 6.42 Å². The first kappa shape index (κ1) is 8.25. The van der Waals surface area contributed by atoms with Crippen LogP contribution < -0.4 is 0 Å². The summed E-state index contributed by atoms with van der Waals surface area (Å²) < 4.78 is 5.04. The Morgan fingerprint density at radius 1 is 1.88 bits per heavy atom. The lowest BCUT2D eigenvalue weighted by Crippen LogP contribution is -2.00. The van der Waals surface area contributed by atoms with Crippen LogP contribution in [0.5, 0.6) is 0 Å². The van der Waals surface area contributed by atoms with Gasteiger partial charge in [0.15, 0.2) is 4.11 Å². The number of halogens is 1. The second-order valence-corrected chi connectivity index (χ2v) is 2.48. The van der Waals surface area contributed by atoms with E-state index >= 15 is 0 Å². The summed E-state index contributed by atoms with van der Waals surface area (Å²) in [4.78, 5) is 0. The Balaban J connectivity index is 3.02. The quantitative estimate of drug-likeness (QED) is 0.403. The van der Waals surface area contributed by atoms with Gasteiger partial charge in [0.1, 0.15) is 0 Å². The molecule has 0 heterocycles. The summed E-state index contributed by atoms with van der Waals surface area (Å²) >= 11 is 2.07. The minimum atomic E-state index is -0.0486. The molecule has 0 fully saturated rings. The van der Waals surface area contributed by atoms with E-state index in [4.69, 9.17) is 11.2 Å². The first-order valence-electron chi connectivity index (χ1n) is 2.53. The van der Waals surface area contributed by atoms with Crippen LogP contribution in [-0.4, -0.2) is 10.7 Å². The molecule has 0 aliphatic rings. The lowest BCUT2D eigenvalue weighted by molar-refractivity contribution is 0.156. The molecule has 0 N–H and O–H groups in total. The van der Waals surface area contributed by atoms with E-state index < -0.39 is 0 Å². The number of alkyl halides is 1. The molecule has 0 radical (unpaired) electrons. The van der Waals surface area contributed by atoms with Crippen molar-refractivity contribution in [2.45, 2.75) is 17.5 Å². The highest BCUT2D eigenvalue weighted by atomic mass is 127. The van der Waals surface area contributed by atoms with E-state index in [0.29, 0.717) is 0 Å². The maximum atomic E-state index is 5.09. The molecule has 2 heteroatoms. The van der Waals surface area contributed by atoms with Gasteiger partial charge in [0.25, 0.3) is 0 Å². The van der Waals surface area contributed by atoms with Gasteiger partial charge in [-0.1, -0.05) is 12.8 Å². The predicted molar refractivity (Wildman–Crippen MR) is 42.9 cm³/mol. The second-order valence-electron chi connectivity index (χ2n) is 1.35. The summed E-state index contributed by atoms with van der Waals surface area (Å²) in [5, 5.41) is 0. The minimum Gasteiger partial charge on any atom is -0.356 e. The van der Waals surface area contributed by atoms with Gasteiger partial charge in [-0.3, -0.25) is 0 Å². The molecule has 0 saturated heterocycles. The average molecular weight is 224 g/mol. The van der Waals surface area contributed by atoms with E-state index in [9.17, 15) is 0 Å². The highest BCUT2D eigenvalue weighted by molar-refractivity contribution is 14.1. The van der Waals surface area contributed by atoms with E-state index in [-0.39, 0.29) is 4.11 Å². The zero-order valence-electron chi connectivity index (χ0n) is 4.86. The van der Waals surface area contributed by atoms with Crippen LogP contribution in [0.2, 0.25) is 0 Å². The summed E-state index contributed by atoms with van der Waals surface area (Å²) in [6.07, 6.45) is 6.06. The highest BCUT2D eigenvalue weighted by Gasteiger charge is 1.93. The van der Waals surface area contributed by atoms with Crippen LogP contribution in [0.1, 0.15) is 13.3 Å². The molecule has 0 bridgehead atoms. The van der Waals surface area contributed by atoms with Crippen LogP contribution in [0.3, 0.4) is 0 Å². The first-order chi connectivity index (χ1) is 3.81. The summed E-state index contributed by atoms with van der Waals surface area (Å²) in [5.74, 6) is 2.46. The zero-order chi connectivity index (χ0) is 6.41. The largest absolute Gasteiger partial charge is 0.356 e. The molecule has 0 aliphatic carbocycles. The second kappa shape index (κ2) is 5.39. The van der Waals surface area contributed by atoms with Gasteiger partial charge < -0.3 is 4.74 Å². The maximum Gasteiger partial charge on any atom is 0.168 e. The van der Waals surface area contributed by atoms with Crippen molar-refractivity contribution in [2.75, 3.05) is 6.61 Å². The summed E-state index contributed by atoms with van der Waals surface area (Å²) in [6.45, 7) is 2.82. The topological polar surface area (TPSA) is 9.23 Å². The first-order valence-corrected chi connectivity index (χ1v) is 3.77. The minimum absolute atomic E-state index is 0.0486. The molecular weight excluding hydrogens is 215 g/mol. The molecule has 0 spiro atoms. The Hall–Kier alpha value is 0.250. The zero-order valence-corrected chi connectivity index (χ0v) is 7.01. The van der Waals surface area contributed by atoms with E-state index in [2.05, 4.69) is 35.4 Å². The smallest absolute Gasteiger partial charge is 0.168 e. The van der Waals surface area contributed by atoms with Crippen LogP contribution in [0.4, 0.5) is 0 Å². The Labute approximate surface area is 63.9 Å². The molecule has 0 amide bonds. The van der Waals surface area contributed by atoms with Crippen LogP contribution >= 0.6 is 22.6 Å². The molecule has 1 nitrogen and oxygen atoms in total. The molecule has 0 aromatic rings. The van der Waals surface area contributed by atoms with Crippen molar-refractivity contribution in [1.29, 1.82) is 0 Å². The third-order valence-corrected chi connectivity index (χ3v) is 1.32. The van der Waals surface area contributed by atoms with Gasteiger partial charge in [0.05, 0.1) is 0 Å². The highest BCUT2D eigenvalue weighted by Crippen LogP contribution is 1.99. The van der Waals surface area contributed by atoms with Crippen LogP contribution in [0, 0.1) is 12.3 Å². The molecule has 46 valence electrons. The van der Waals surface area contributed by atoms with Crippen LogP contribution in [0.15, 0.2) is 0 Å². The van der Waals surface area contributed by atoms with Gasteiger partial charge >= 0.3 is 0 Å². The average Bonchev–Trinajstić information content (AvgIpc) is 1.83. The number of ether oxygens (including phenoxy) is 1.